The van der Waals surface area contributed by atoms with Crippen molar-refractivity contribution in [3.8, 4) is 22.8 Å². The third-order valence-electron chi connectivity index (χ3n) is 3.91. The summed E-state index contributed by atoms with van der Waals surface area (Å²) in [4.78, 5) is 12.0. The molecule has 0 atom stereocenters. The molecule has 11 heteroatoms. The van der Waals surface area contributed by atoms with Gasteiger partial charge in [-0.2, -0.15) is 23.3 Å². The minimum absolute atomic E-state index is 0.176. The van der Waals surface area contributed by atoms with Crippen LogP contribution >= 0.6 is 0 Å². The van der Waals surface area contributed by atoms with Crippen molar-refractivity contribution in [3.05, 3.63) is 42.7 Å². The molecular formula is C17H13F3N6O2. The Morgan fingerprint density at radius 2 is 2.00 bits per heavy atom. The molecule has 0 fully saturated rings. The molecule has 4 heterocycles. The zero-order valence-electron chi connectivity index (χ0n) is 14.5. The lowest BCUT2D eigenvalue weighted by Gasteiger charge is -2.01. The second-order valence-electron chi connectivity index (χ2n) is 5.86. The van der Waals surface area contributed by atoms with Gasteiger partial charge in [0.1, 0.15) is 5.52 Å². The fourth-order valence-electron chi connectivity index (χ4n) is 2.58. The number of methoxy groups -OCH3 is 1. The van der Waals surface area contributed by atoms with Crippen molar-refractivity contribution < 1.29 is 22.4 Å². The molecule has 0 aromatic carbocycles. The number of nitrogens with zero attached hydrogens (tertiary/aromatic N) is 6. The SMILES string of the molecule is COCCn1cc2cc(-c3cc(-c4noc(C(F)(F)F)n4)ccn3)ncc2n1. The summed E-state index contributed by atoms with van der Waals surface area (Å²) in [5.74, 6) is -1.58. The summed E-state index contributed by atoms with van der Waals surface area (Å²) in [6.07, 6.45) is 0.218. The van der Waals surface area contributed by atoms with E-state index in [4.69, 9.17) is 4.74 Å². The molecule has 0 bridgehead atoms. The first-order valence-corrected chi connectivity index (χ1v) is 8.14. The van der Waals surface area contributed by atoms with Gasteiger partial charge in [-0.05, 0) is 18.2 Å². The standard InChI is InChI=1S/C17H13F3N6O2/c1-27-5-4-26-9-11-7-13(22-8-14(11)24-26)12-6-10(2-3-21-12)15-23-16(28-25-15)17(18,19)20/h2-3,6-9H,4-5H2,1H3. The summed E-state index contributed by atoms with van der Waals surface area (Å²) in [6, 6.07) is 4.85. The molecule has 0 aliphatic heterocycles. The normalized spacial score (nSPS) is 12.0. The van der Waals surface area contributed by atoms with E-state index in [-0.39, 0.29) is 5.82 Å². The molecule has 8 nitrogen and oxygen atoms in total. The van der Waals surface area contributed by atoms with E-state index in [1.54, 1.807) is 30.1 Å². The van der Waals surface area contributed by atoms with E-state index < -0.39 is 12.1 Å². The maximum absolute atomic E-state index is 12.7. The molecule has 28 heavy (non-hydrogen) atoms. The highest BCUT2D eigenvalue weighted by Gasteiger charge is 2.38. The van der Waals surface area contributed by atoms with Crippen LogP contribution in [-0.4, -0.2) is 43.6 Å². The van der Waals surface area contributed by atoms with Crippen LogP contribution in [0.3, 0.4) is 0 Å². The third-order valence-corrected chi connectivity index (χ3v) is 3.91. The van der Waals surface area contributed by atoms with Gasteiger partial charge in [-0.25, -0.2) is 0 Å². The van der Waals surface area contributed by atoms with E-state index in [1.165, 1.54) is 12.3 Å². The number of hydrogen-bond donors (Lipinski definition) is 0. The molecule has 0 saturated heterocycles. The van der Waals surface area contributed by atoms with Gasteiger partial charge in [-0.1, -0.05) is 5.16 Å². The summed E-state index contributed by atoms with van der Waals surface area (Å²) >= 11 is 0. The number of rotatable bonds is 5. The van der Waals surface area contributed by atoms with Crippen LogP contribution in [0.2, 0.25) is 0 Å². The number of pyridine rings is 2. The maximum atomic E-state index is 12.7. The van der Waals surface area contributed by atoms with Crippen molar-refractivity contribution in [1.29, 1.82) is 0 Å². The summed E-state index contributed by atoms with van der Waals surface area (Å²) < 4.78 is 49.0. The summed E-state index contributed by atoms with van der Waals surface area (Å²) in [5.41, 5.74) is 2.05. The Morgan fingerprint density at radius 3 is 2.75 bits per heavy atom. The zero-order valence-corrected chi connectivity index (χ0v) is 14.5. The molecule has 4 rings (SSSR count). The van der Waals surface area contributed by atoms with Crippen LogP contribution in [0.4, 0.5) is 13.2 Å². The molecule has 4 aromatic heterocycles. The van der Waals surface area contributed by atoms with Gasteiger partial charge in [0.2, 0.25) is 5.82 Å². The molecule has 0 N–H and O–H groups in total. The Labute approximate surface area is 156 Å². The van der Waals surface area contributed by atoms with Gasteiger partial charge in [0.25, 0.3) is 0 Å². The summed E-state index contributed by atoms with van der Waals surface area (Å²) in [6.45, 7) is 1.14. The molecular weight excluding hydrogens is 377 g/mol. The molecule has 0 spiro atoms. The average molecular weight is 390 g/mol. The van der Waals surface area contributed by atoms with E-state index in [0.717, 1.165) is 5.39 Å². The van der Waals surface area contributed by atoms with E-state index in [2.05, 4.69) is 29.7 Å². The second-order valence-corrected chi connectivity index (χ2v) is 5.86. The number of hydrogen-bond acceptors (Lipinski definition) is 7. The Kier molecular flexibility index (Phi) is 4.51. The van der Waals surface area contributed by atoms with Crippen molar-refractivity contribution in [2.24, 2.45) is 0 Å². The lowest BCUT2D eigenvalue weighted by atomic mass is 10.1. The number of halogens is 3. The van der Waals surface area contributed by atoms with Gasteiger partial charge in [0.15, 0.2) is 0 Å². The van der Waals surface area contributed by atoms with Gasteiger partial charge in [0.05, 0.1) is 30.7 Å². The first-order valence-electron chi connectivity index (χ1n) is 8.14. The van der Waals surface area contributed by atoms with E-state index in [0.29, 0.717) is 35.6 Å². The van der Waals surface area contributed by atoms with Crippen LogP contribution in [0.15, 0.2) is 41.3 Å². The number of aromatic nitrogens is 6. The zero-order chi connectivity index (χ0) is 19.7. The Hall–Kier alpha value is -3.34. The Morgan fingerprint density at radius 1 is 1.18 bits per heavy atom. The highest BCUT2D eigenvalue weighted by Crippen LogP contribution is 2.30. The lowest BCUT2D eigenvalue weighted by Crippen LogP contribution is -2.04. The lowest BCUT2D eigenvalue weighted by molar-refractivity contribution is -0.159. The van der Waals surface area contributed by atoms with Gasteiger partial charge in [0, 0.05) is 30.5 Å². The molecule has 4 aromatic rings. The topological polar surface area (TPSA) is 91.8 Å². The van der Waals surface area contributed by atoms with Crippen LogP contribution in [0, 0.1) is 0 Å². The summed E-state index contributed by atoms with van der Waals surface area (Å²) in [7, 11) is 1.61. The predicted octanol–water partition coefficient (Wildman–Crippen LogP) is 3.21. The quantitative estimate of drug-likeness (QED) is 0.517. The van der Waals surface area contributed by atoms with Gasteiger partial charge >= 0.3 is 12.1 Å². The number of alkyl halides is 3. The minimum Gasteiger partial charge on any atom is -0.383 e. The average Bonchev–Trinajstić information content (AvgIpc) is 3.32. The third kappa shape index (κ3) is 3.56. The Balaban J connectivity index is 1.66. The maximum Gasteiger partial charge on any atom is 0.471 e. The highest BCUT2D eigenvalue weighted by atomic mass is 19.4. The van der Waals surface area contributed by atoms with E-state index in [9.17, 15) is 13.2 Å². The van der Waals surface area contributed by atoms with Crippen molar-refractivity contribution in [2.45, 2.75) is 12.7 Å². The monoisotopic (exact) mass is 390 g/mol. The number of ether oxygens (including phenoxy) is 1. The van der Waals surface area contributed by atoms with Crippen molar-refractivity contribution >= 4 is 10.9 Å². The highest BCUT2D eigenvalue weighted by molar-refractivity contribution is 5.81. The van der Waals surface area contributed by atoms with Crippen LogP contribution in [0.5, 0.6) is 0 Å². The second kappa shape index (κ2) is 7.00. The molecule has 0 radical (unpaired) electrons. The van der Waals surface area contributed by atoms with Crippen LogP contribution < -0.4 is 0 Å². The van der Waals surface area contributed by atoms with Crippen LogP contribution in [0.25, 0.3) is 33.7 Å². The molecule has 0 saturated carbocycles. The first-order chi connectivity index (χ1) is 13.4. The largest absolute Gasteiger partial charge is 0.471 e. The summed E-state index contributed by atoms with van der Waals surface area (Å²) in [5, 5.41) is 8.63. The smallest absolute Gasteiger partial charge is 0.383 e. The molecule has 0 aliphatic carbocycles. The van der Waals surface area contributed by atoms with Crippen molar-refractivity contribution in [2.75, 3.05) is 13.7 Å². The fourth-order valence-corrected chi connectivity index (χ4v) is 2.58. The van der Waals surface area contributed by atoms with E-state index >= 15 is 0 Å². The molecule has 0 aliphatic rings. The molecule has 144 valence electrons. The van der Waals surface area contributed by atoms with Crippen molar-refractivity contribution in [3.63, 3.8) is 0 Å². The van der Waals surface area contributed by atoms with Crippen molar-refractivity contribution in [1.82, 2.24) is 29.9 Å². The van der Waals surface area contributed by atoms with Gasteiger partial charge in [-0.15, -0.1) is 0 Å². The fraction of sp³-hybridized carbons (Fsp3) is 0.235. The van der Waals surface area contributed by atoms with Crippen LogP contribution in [0.1, 0.15) is 5.89 Å². The first kappa shape index (κ1) is 18.0. The Bertz CT molecular complexity index is 1120. The van der Waals surface area contributed by atoms with E-state index in [1.807, 2.05) is 6.20 Å². The van der Waals surface area contributed by atoms with Gasteiger partial charge < -0.3 is 9.26 Å². The molecule has 0 amide bonds. The van der Waals surface area contributed by atoms with Gasteiger partial charge in [-0.3, -0.25) is 14.6 Å². The molecule has 0 unspecified atom stereocenters. The van der Waals surface area contributed by atoms with Crippen LogP contribution in [-0.2, 0) is 17.5 Å². The minimum atomic E-state index is -4.70. The predicted molar refractivity (Wildman–Crippen MR) is 90.9 cm³/mol. The number of fused-ring (bicyclic) bond motifs is 1.